The van der Waals surface area contributed by atoms with Gasteiger partial charge >= 0.3 is 0 Å². The first kappa shape index (κ1) is 9.98. The first-order valence-electron chi connectivity index (χ1n) is 3.64. The van der Waals surface area contributed by atoms with E-state index in [2.05, 4.69) is 5.32 Å². The Bertz CT molecular complexity index is 62.5. The molecule has 0 bridgehead atoms. The van der Waals surface area contributed by atoms with Gasteiger partial charge in [-0.15, -0.1) is 0 Å². The van der Waals surface area contributed by atoms with Gasteiger partial charge < -0.3 is 10.1 Å². The molecule has 2 nitrogen and oxygen atoms in total. The van der Waals surface area contributed by atoms with Crippen LogP contribution < -0.4 is 5.32 Å². The van der Waals surface area contributed by atoms with Crippen LogP contribution in [0.3, 0.4) is 0 Å². The number of hydrogen-bond acceptors (Lipinski definition) is 3. The van der Waals surface area contributed by atoms with Crippen molar-refractivity contribution in [3.05, 3.63) is 0 Å². The van der Waals surface area contributed by atoms with Gasteiger partial charge in [0.05, 0.1) is 0 Å². The molecule has 0 unspecified atom stereocenters. The lowest BCUT2D eigenvalue weighted by Crippen LogP contribution is -2.24. The largest absolute Gasteiger partial charge is 0.315 e. The predicted octanol–water partition coefficient (Wildman–Crippen LogP) is 0.918. The van der Waals surface area contributed by atoms with E-state index in [-0.39, 0.29) is 0 Å². The molecule has 0 saturated carbocycles. The first-order valence-corrected chi connectivity index (χ1v) is 4.79. The molecule has 1 aliphatic rings. The van der Waals surface area contributed by atoms with E-state index in [1.54, 1.807) is 0 Å². The standard InChI is InChI=1S/C4H9NS.C3H6O/c1-3-6-4-2-5-1;1-2-3-4/h5H,1-4H2;3H,2H2,1H3. The third-order valence-corrected chi connectivity index (χ3v) is 2.00. The molecule has 0 radical (unpaired) electrons. The summed E-state index contributed by atoms with van der Waals surface area (Å²) in [7, 11) is 0. The second-order valence-electron chi connectivity index (χ2n) is 1.94. The Kier molecular flexibility index (Phi) is 8.96. The molecule has 0 spiro atoms. The lowest BCUT2D eigenvalue weighted by Gasteiger charge is -2.08. The van der Waals surface area contributed by atoms with Crippen LogP contribution in [0.2, 0.25) is 0 Å². The summed E-state index contributed by atoms with van der Waals surface area (Å²) in [6.45, 7) is 4.24. The lowest BCUT2D eigenvalue weighted by atomic mass is 10.6. The Morgan fingerprint density at radius 3 is 2.10 bits per heavy atom. The molecule has 1 N–H and O–H groups in total. The number of hydrogen-bond donors (Lipinski definition) is 1. The molecular formula is C7H15NOS. The summed E-state index contributed by atoms with van der Waals surface area (Å²) in [5.41, 5.74) is 0. The van der Waals surface area contributed by atoms with Gasteiger partial charge in [-0.25, -0.2) is 0 Å². The van der Waals surface area contributed by atoms with Crippen LogP contribution in [0.1, 0.15) is 13.3 Å². The van der Waals surface area contributed by atoms with Crippen LogP contribution in [-0.2, 0) is 4.79 Å². The molecule has 0 amide bonds. The van der Waals surface area contributed by atoms with Crippen LogP contribution in [0, 0.1) is 0 Å². The zero-order valence-electron chi connectivity index (χ0n) is 6.43. The topological polar surface area (TPSA) is 29.1 Å². The highest BCUT2D eigenvalue weighted by Gasteiger charge is 1.93. The van der Waals surface area contributed by atoms with Gasteiger partial charge in [-0.2, -0.15) is 11.8 Å². The molecule has 10 heavy (non-hydrogen) atoms. The van der Waals surface area contributed by atoms with Crippen molar-refractivity contribution in [3.63, 3.8) is 0 Å². The van der Waals surface area contributed by atoms with Crippen LogP contribution in [0.4, 0.5) is 0 Å². The summed E-state index contributed by atoms with van der Waals surface area (Å²) >= 11 is 2.03. The molecule has 3 heteroatoms. The highest BCUT2D eigenvalue weighted by molar-refractivity contribution is 7.99. The Balaban J connectivity index is 0.000000180. The highest BCUT2D eigenvalue weighted by Crippen LogP contribution is 1.99. The van der Waals surface area contributed by atoms with Crippen molar-refractivity contribution in [2.45, 2.75) is 13.3 Å². The highest BCUT2D eigenvalue weighted by atomic mass is 32.2. The van der Waals surface area contributed by atoms with E-state index in [9.17, 15) is 4.79 Å². The van der Waals surface area contributed by atoms with Gasteiger partial charge in [-0.1, -0.05) is 6.92 Å². The summed E-state index contributed by atoms with van der Waals surface area (Å²) < 4.78 is 0. The van der Waals surface area contributed by atoms with E-state index in [0.717, 1.165) is 6.29 Å². The number of carbonyl (C=O) groups is 1. The Morgan fingerprint density at radius 1 is 1.50 bits per heavy atom. The summed E-state index contributed by atoms with van der Waals surface area (Å²) in [6, 6.07) is 0. The van der Waals surface area contributed by atoms with Gasteiger partial charge in [0.25, 0.3) is 0 Å². The SMILES string of the molecule is C1CSCCN1.CCC=O. The van der Waals surface area contributed by atoms with Gasteiger partial charge in [0, 0.05) is 31.0 Å². The Hall–Kier alpha value is -0.0200. The van der Waals surface area contributed by atoms with Crippen LogP contribution in [0.5, 0.6) is 0 Å². The average Bonchev–Trinajstić information content (AvgIpc) is 2.08. The van der Waals surface area contributed by atoms with Gasteiger partial charge in [-0.3, -0.25) is 0 Å². The van der Waals surface area contributed by atoms with Crippen molar-refractivity contribution in [2.75, 3.05) is 24.6 Å². The van der Waals surface area contributed by atoms with Crippen LogP contribution in [0.25, 0.3) is 0 Å². The van der Waals surface area contributed by atoms with Crippen LogP contribution >= 0.6 is 11.8 Å². The molecule has 1 saturated heterocycles. The molecule has 60 valence electrons. The third-order valence-electron chi connectivity index (χ3n) is 1.01. The van der Waals surface area contributed by atoms with Crippen molar-refractivity contribution >= 4 is 18.0 Å². The van der Waals surface area contributed by atoms with Gasteiger partial charge in [-0.05, 0) is 0 Å². The van der Waals surface area contributed by atoms with Gasteiger partial charge in [0.2, 0.25) is 0 Å². The van der Waals surface area contributed by atoms with Crippen molar-refractivity contribution in [1.82, 2.24) is 5.32 Å². The maximum Gasteiger partial charge on any atom is 0.119 e. The summed E-state index contributed by atoms with van der Waals surface area (Å²) in [4.78, 5) is 9.17. The fourth-order valence-electron chi connectivity index (χ4n) is 0.516. The smallest absolute Gasteiger partial charge is 0.119 e. The minimum Gasteiger partial charge on any atom is -0.315 e. The molecule has 0 aromatic heterocycles. The molecule has 0 atom stereocenters. The van der Waals surface area contributed by atoms with E-state index in [1.807, 2.05) is 18.7 Å². The predicted molar refractivity (Wildman–Crippen MR) is 46.5 cm³/mol. The van der Waals surface area contributed by atoms with Crippen molar-refractivity contribution in [3.8, 4) is 0 Å². The minimum atomic E-state index is 0.639. The molecule has 0 aromatic carbocycles. The molecule has 1 fully saturated rings. The fourth-order valence-corrected chi connectivity index (χ4v) is 1.30. The monoisotopic (exact) mass is 161 g/mol. The Labute approximate surface area is 66.8 Å². The second kappa shape index (κ2) is 8.98. The van der Waals surface area contributed by atoms with Crippen LogP contribution in [-0.4, -0.2) is 30.9 Å². The zero-order valence-corrected chi connectivity index (χ0v) is 7.25. The number of nitrogens with one attached hydrogen (secondary N) is 1. The number of thioether (sulfide) groups is 1. The number of carbonyl (C=O) groups excluding carboxylic acids is 1. The van der Waals surface area contributed by atoms with E-state index < -0.39 is 0 Å². The Morgan fingerprint density at radius 2 is 2.00 bits per heavy atom. The summed E-state index contributed by atoms with van der Waals surface area (Å²) in [5.74, 6) is 2.61. The summed E-state index contributed by atoms with van der Waals surface area (Å²) in [6.07, 6.45) is 1.51. The van der Waals surface area contributed by atoms with E-state index in [4.69, 9.17) is 0 Å². The van der Waals surface area contributed by atoms with E-state index >= 15 is 0 Å². The molecule has 0 aromatic rings. The molecule has 1 aliphatic heterocycles. The first-order chi connectivity index (χ1) is 4.91. The van der Waals surface area contributed by atoms with Gasteiger partial charge in [0.15, 0.2) is 0 Å². The van der Waals surface area contributed by atoms with E-state index in [1.165, 1.54) is 24.6 Å². The maximum atomic E-state index is 9.17. The fraction of sp³-hybridized carbons (Fsp3) is 0.857. The average molecular weight is 161 g/mol. The van der Waals surface area contributed by atoms with Crippen molar-refractivity contribution in [1.29, 1.82) is 0 Å². The van der Waals surface area contributed by atoms with Crippen molar-refractivity contribution < 1.29 is 4.79 Å². The summed E-state index contributed by atoms with van der Waals surface area (Å²) in [5, 5.41) is 3.26. The number of aldehydes is 1. The van der Waals surface area contributed by atoms with Crippen LogP contribution in [0.15, 0.2) is 0 Å². The normalized spacial score (nSPS) is 16.9. The maximum absolute atomic E-state index is 9.17. The third kappa shape index (κ3) is 7.98. The minimum absolute atomic E-state index is 0.639. The molecule has 0 aliphatic carbocycles. The molecule has 1 heterocycles. The second-order valence-corrected chi connectivity index (χ2v) is 3.16. The molecule has 1 rings (SSSR count). The lowest BCUT2D eigenvalue weighted by molar-refractivity contribution is -0.107. The number of rotatable bonds is 1. The molecular weight excluding hydrogens is 146 g/mol. The van der Waals surface area contributed by atoms with E-state index in [0.29, 0.717) is 6.42 Å². The van der Waals surface area contributed by atoms with Crippen molar-refractivity contribution in [2.24, 2.45) is 0 Å². The quantitative estimate of drug-likeness (QED) is 0.580. The van der Waals surface area contributed by atoms with Gasteiger partial charge in [0.1, 0.15) is 6.29 Å². The zero-order chi connectivity index (χ0) is 7.66.